The van der Waals surface area contributed by atoms with E-state index in [1.54, 1.807) is 36.0 Å². The van der Waals surface area contributed by atoms with Gasteiger partial charge in [0.1, 0.15) is 17.9 Å². The summed E-state index contributed by atoms with van der Waals surface area (Å²) in [5, 5.41) is 11.4. The number of para-hydroxylation sites is 1. The molecule has 1 aromatic rings. The Kier molecular flexibility index (Phi) is 7.98. The molecule has 1 rings (SSSR count). The summed E-state index contributed by atoms with van der Waals surface area (Å²) in [4.78, 5) is 24.5. The van der Waals surface area contributed by atoms with Crippen molar-refractivity contribution in [3.05, 3.63) is 29.8 Å². The van der Waals surface area contributed by atoms with E-state index in [-0.39, 0.29) is 0 Å². The highest BCUT2D eigenvalue weighted by molar-refractivity contribution is 7.98. The topological polar surface area (TPSA) is 88.4 Å². The van der Waals surface area contributed by atoms with Gasteiger partial charge in [0, 0.05) is 0 Å². The van der Waals surface area contributed by atoms with Crippen molar-refractivity contribution >= 4 is 23.6 Å². The Labute approximate surface area is 140 Å². The van der Waals surface area contributed by atoms with Gasteiger partial charge in [0.05, 0.1) is 12.7 Å². The second kappa shape index (κ2) is 9.74. The zero-order valence-corrected chi connectivity index (χ0v) is 14.2. The van der Waals surface area contributed by atoms with Gasteiger partial charge in [0.15, 0.2) is 6.10 Å². The van der Waals surface area contributed by atoms with Crippen molar-refractivity contribution in [1.29, 1.82) is 5.26 Å². The fourth-order valence-electron chi connectivity index (χ4n) is 1.84. The Balaban J connectivity index is 2.85. The zero-order chi connectivity index (χ0) is 17.2. The van der Waals surface area contributed by atoms with Crippen molar-refractivity contribution in [1.82, 2.24) is 5.32 Å². The third-order valence-corrected chi connectivity index (χ3v) is 3.67. The number of thioether (sulfide) groups is 1. The van der Waals surface area contributed by atoms with Crippen LogP contribution in [-0.2, 0) is 9.53 Å². The molecule has 0 unspecified atom stereocenters. The van der Waals surface area contributed by atoms with Gasteiger partial charge >= 0.3 is 5.97 Å². The minimum Gasteiger partial charge on any atom is -0.496 e. The molecule has 1 amide bonds. The summed E-state index contributed by atoms with van der Waals surface area (Å²) >= 11 is 1.55. The van der Waals surface area contributed by atoms with Crippen LogP contribution in [0.1, 0.15) is 23.7 Å². The number of benzene rings is 1. The molecule has 6 nitrogen and oxygen atoms in total. The molecule has 0 heterocycles. The Morgan fingerprint density at radius 2 is 2.09 bits per heavy atom. The summed E-state index contributed by atoms with van der Waals surface area (Å²) < 4.78 is 10.1. The number of carbonyl (C=O) groups excluding carboxylic acids is 2. The molecular weight excluding hydrogens is 316 g/mol. The van der Waals surface area contributed by atoms with Gasteiger partial charge in [-0.1, -0.05) is 12.1 Å². The molecule has 2 atom stereocenters. The summed E-state index contributed by atoms with van der Waals surface area (Å²) in [6.07, 6.45) is 1.46. The molecule has 0 aliphatic carbocycles. The molecule has 0 saturated carbocycles. The van der Waals surface area contributed by atoms with Gasteiger partial charge in [-0.25, -0.2) is 4.79 Å². The predicted octanol–water partition coefficient (Wildman–Crippen LogP) is 2.00. The lowest BCUT2D eigenvalue weighted by Gasteiger charge is -2.18. The molecule has 0 aliphatic rings. The summed E-state index contributed by atoms with van der Waals surface area (Å²) in [5.74, 6) is 0.0613. The molecule has 7 heteroatoms. The van der Waals surface area contributed by atoms with Crippen molar-refractivity contribution in [3.8, 4) is 11.8 Å². The quantitative estimate of drug-likeness (QED) is 0.731. The van der Waals surface area contributed by atoms with E-state index in [1.807, 2.05) is 12.3 Å². The van der Waals surface area contributed by atoms with E-state index in [4.69, 9.17) is 14.7 Å². The van der Waals surface area contributed by atoms with E-state index < -0.39 is 24.0 Å². The molecule has 0 fully saturated rings. The van der Waals surface area contributed by atoms with Gasteiger partial charge in [-0.2, -0.15) is 17.0 Å². The van der Waals surface area contributed by atoms with Crippen LogP contribution in [0.15, 0.2) is 24.3 Å². The van der Waals surface area contributed by atoms with Gasteiger partial charge in [-0.3, -0.25) is 4.79 Å². The van der Waals surface area contributed by atoms with Crippen LogP contribution in [0.5, 0.6) is 5.75 Å². The number of nitriles is 1. The number of methoxy groups -OCH3 is 1. The van der Waals surface area contributed by atoms with Crippen LogP contribution in [0.2, 0.25) is 0 Å². The highest BCUT2D eigenvalue weighted by Crippen LogP contribution is 2.17. The van der Waals surface area contributed by atoms with Gasteiger partial charge in [0.25, 0.3) is 5.91 Å². The van der Waals surface area contributed by atoms with Crippen LogP contribution in [0.25, 0.3) is 0 Å². The maximum Gasteiger partial charge on any atom is 0.329 e. The van der Waals surface area contributed by atoms with Gasteiger partial charge in [0.2, 0.25) is 0 Å². The Morgan fingerprint density at radius 3 is 2.70 bits per heavy atom. The molecule has 0 bridgehead atoms. The number of carbonyl (C=O) groups is 2. The maximum atomic E-state index is 12.4. The third kappa shape index (κ3) is 5.83. The minimum absolute atomic E-state index is 0.338. The molecule has 124 valence electrons. The molecule has 1 aromatic carbocycles. The molecule has 0 aromatic heterocycles. The maximum absolute atomic E-state index is 12.4. The Hall–Kier alpha value is -2.20. The first-order chi connectivity index (χ1) is 11.0. The average molecular weight is 336 g/mol. The predicted molar refractivity (Wildman–Crippen MR) is 88.4 cm³/mol. The molecule has 0 saturated heterocycles. The summed E-state index contributed by atoms with van der Waals surface area (Å²) in [6, 6.07) is 7.77. The van der Waals surface area contributed by atoms with Gasteiger partial charge in [-0.15, -0.1) is 0 Å². The Bertz CT molecular complexity index is 586. The van der Waals surface area contributed by atoms with Crippen molar-refractivity contribution in [2.24, 2.45) is 0 Å². The minimum atomic E-state index is -0.859. The molecule has 0 aliphatic heterocycles. The number of hydrogen-bond acceptors (Lipinski definition) is 6. The number of esters is 1. The fourth-order valence-corrected chi connectivity index (χ4v) is 2.31. The van der Waals surface area contributed by atoms with Crippen LogP contribution in [0.3, 0.4) is 0 Å². The van der Waals surface area contributed by atoms with E-state index in [1.165, 1.54) is 14.0 Å². The first-order valence-electron chi connectivity index (χ1n) is 7.06. The van der Waals surface area contributed by atoms with E-state index in [9.17, 15) is 9.59 Å². The molecule has 0 radical (unpaired) electrons. The lowest BCUT2D eigenvalue weighted by Crippen LogP contribution is -2.43. The normalized spacial score (nSPS) is 12.6. The van der Waals surface area contributed by atoms with Gasteiger partial charge in [-0.05, 0) is 37.5 Å². The lowest BCUT2D eigenvalue weighted by molar-refractivity contribution is -0.148. The van der Waals surface area contributed by atoms with Crippen molar-refractivity contribution in [3.63, 3.8) is 0 Å². The first kappa shape index (κ1) is 18.8. The number of nitrogens with zero attached hydrogens (tertiary/aromatic N) is 1. The largest absolute Gasteiger partial charge is 0.496 e. The number of amides is 1. The van der Waals surface area contributed by atoms with Crippen LogP contribution >= 0.6 is 11.8 Å². The van der Waals surface area contributed by atoms with Crippen LogP contribution in [0.4, 0.5) is 0 Å². The summed E-state index contributed by atoms with van der Waals surface area (Å²) in [7, 11) is 1.47. The van der Waals surface area contributed by atoms with Crippen molar-refractivity contribution in [2.45, 2.75) is 25.5 Å². The Morgan fingerprint density at radius 1 is 1.39 bits per heavy atom. The highest BCUT2D eigenvalue weighted by Gasteiger charge is 2.25. The fraction of sp³-hybridized carbons (Fsp3) is 0.438. The number of rotatable bonds is 8. The second-order valence-electron chi connectivity index (χ2n) is 4.72. The standard InChI is InChI=1S/C16H20N2O4S/c1-11(10-17)22-16(20)13(8-9-23-3)18-15(19)12-6-4-5-7-14(12)21-2/h4-7,11,13H,8-9H2,1-3H3,(H,18,19)/t11-,13+/m1/s1. The van der Waals surface area contributed by atoms with Gasteiger partial charge < -0.3 is 14.8 Å². The lowest BCUT2D eigenvalue weighted by atomic mass is 10.1. The summed E-state index contributed by atoms with van der Waals surface area (Å²) in [5.41, 5.74) is 0.338. The molecule has 1 N–H and O–H groups in total. The van der Waals surface area contributed by atoms with Crippen LogP contribution in [0, 0.1) is 11.3 Å². The second-order valence-corrected chi connectivity index (χ2v) is 5.70. The van der Waals surface area contributed by atoms with Crippen LogP contribution < -0.4 is 10.1 Å². The third-order valence-electron chi connectivity index (χ3n) is 3.03. The molecular formula is C16H20N2O4S. The van der Waals surface area contributed by atoms with E-state index in [0.717, 1.165) is 0 Å². The van der Waals surface area contributed by atoms with Crippen LogP contribution in [-0.4, -0.2) is 43.1 Å². The number of nitrogens with one attached hydrogen (secondary N) is 1. The van der Waals surface area contributed by atoms with Crippen molar-refractivity contribution < 1.29 is 19.1 Å². The smallest absolute Gasteiger partial charge is 0.329 e. The highest BCUT2D eigenvalue weighted by atomic mass is 32.2. The van der Waals surface area contributed by atoms with E-state index >= 15 is 0 Å². The van der Waals surface area contributed by atoms with Crippen molar-refractivity contribution in [2.75, 3.05) is 19.1 Å². The first-order valence-corrected chi connectivity index (χ1v) is 8.45. The zero-order valence-electron chi connectivity index (χ0n) is 13.4. The molecule has 23 heavy (non-hydrogen) atoms. The average Bonchev–Trinajstić information content (AvgIpc) is 2.57. The SMILES string of the molecule is COc1ccccc1C(=O)N[C@@H](CCSC)C(=O)O[C@H](C)C#N. The number of ether oxygens (including phenoxy) is 2. The monoisotopic (exact) mass is 336 g/mol. The number of hydrogen-bond donors (Lipinski definition) is 1. The summed E-state index contributed by atoms with van der Waals surface area (Å²) in [6.45, 7) is 1.48. The van der Waals surface area contributed by atoms with E-state index in [0.29, 0.717) is 23.5 Å². The van der Waals surface area contributed by atoms with E-state index in [2.05, 4.69) is 5.32 Å². The molecule has 0 spiro atoms.